The number of esters is 2. The predicted molar refractivity (Wildman–Crippen MR) is 92.7 cm³/mol. The van der Waals surface area contributed by atoms with Gasteiger partial charge in [0.05, 0.1) is 19.1 Å². The lowest BCUT2D eigenvalue weighted by Gasteiger charge is -2.04. The van der Waals surface area contributed by atoms with Gasteiger partial charge in [-0.05, 0) is 25.2 Å². The van der Waals surface area contributed by atoms with Crippen molar-refractivity contribution in [2.24, 2.45) is 17.3 Å². The number of ether oxygens (including phenoxy) is 2. The van der Waals surface area contributed by atoms with Crippen molar-refractivity contribution < 1.29 is 19.1 Å². The van der Waals surface area contributed by atoms with E-state index in [-0.39, 0.29) is 24.6 Å². The van der Waals surface area contributed by atoms with Crippen LogP contribution in [0.1, 0.15) is 26.6 Å². The summed E-state index contributed by atoms with van der Waals surface area (Å²) in [6.45, 7) is 7.32. The SMILES string of the molecule is C#CCn1c(C)nn(COC(=O)[C@@H]2[C@H](/C=C\C(=O)OCC)C2(C)C)c1=O. The summed E-state index contributed by atoms with van der Waals surface area (Å²) in [7, 11) is 0. The van der Waals surface area contributed by atoms with Gasteiger partial charge >= 0.3 is 17.6 Å². The first kappa shape index (κ1) is 19.5. The minimum atomic E-state index is -0.441. The molecule has 1 aromatic rings. The lowest BCUT2D eigenvalue weighted by Crippen LogP contribution is -2.27. The Hall–Kier alpha value is -2.82. The van der Waals surface area contributed by atoms with E-state index in [1.807, 2.05) is 13.8 Å². The van der Waals surface area contributed by atoms with Crippen LogP contribution in [0.25, 0.3) is 0 Å². The number of hydrogen-bond donors (Lipinski definition) is 0. The Labute approximate surface area is 151 Å². The molecule has 0 unspecified atom stereocenters. The standard InChI is InChI=1S/C18H23N3O5/c1-6-10-20-12(3)19-21(17(20)24)11-26-16(23)15-13(18(15,4)5)8-9-14(22)25-7-2/h1,8-9,13,15H,7,10-11H2,2-5H3/b9-8-/t13-,15-/m0/s1. The third kappa shape index (κ3) is 3.87. The summed E-state index contributed by atoms with van der Waals surface area (Å²) in [5.74, 6) is 1.43. The van der Waals surface area contributed by atoms with Gasteiger partial charge in [-0.2, -0.15) is 9.78 Å². The first-order valence-electron chi connectivity index (χ1n) is 8.33. The third-order valence-electron chi connectivity index (χ3n) is 4.58. The van der Waals surface area contributed by atoms with Crippen LogP contribution in [-0.4, -0.2) is 32.9 Å². The second kappa shape index (κ2) is 7.60. The topological polar surface area (TPSA) is 92.4 Å². The normalized spacial score (nSPS) is 20.6. The summed E-state index contributed by atoms with van der Waals surface area (Å²) in [6, 6.07) is 0. The van der Waals surface area contributed by atoms with Crippen LogP contribution in [0.2, 0.25) is 0 Å². The van der Waals surface area contributed by atoms with Gasteiger partial charge < -0.3 is 9.47 Å². The minimum Gasteiger partial charge on any atom is -0.463 e. The van der Waals surface area contributed by atoms with E-state index < -0.39 is 23.5 Å². The smallest absolute Gasteiger partial charge is 0.349 e. The number of allylic oxidation sites excluding steroid dienone is 1. The van der Waals surface area contributed by atoms with Crippen molar-refractivity contribution in [3.05, 3.63) is 28.5 Å². The first-order valence-corrected chi connectivity index (χ1v) is 8.33. The maximum Gasteiger partial charge on any atom is 0.349 e. The van der Waals surface area contributed by atoms with Gasteiger partial charge in [-0.25, -0.2) is 9.59 Å². The Morgan fingerprint density at radius 2 is 2.08 bits per heavy atom. The molecule has 8 nitrogen and oxygen atoms in total. The molecule has 26 heavy (non-hydrogen) atoms. The number of aryl methyl sites for hydroxylation is 1. The van der Waals surface area contributed by atoms with Crippen LogP contribution < -0.4 is 5.69 Å². The van der Waals surface area contributed by atoms with Gasteiger partial charge in [0.15, 0.2) is 6.73 Å². The first-order chi connectivity index (χ1) is 12.2. The molecule has 2 rings (SSSR count). The van der Waals surface area contributed by atoms with Gasteiger partial charge in [0.2, 0.25) is 0 Å². The van der Waals surface area contributed by atoms with Crippen molar-refractivity contribution in [3.8, 4) is 12.3 Å². The molecule has 1 fully saturated rings. The fourth-order valence-electron chi connectivity index (χ4n) is 2.98. The van der Waals surface area contributed by atoms with Crippen molar-refractivity contribution in [3.63, 3.8) is 0 Å². The number of nitrogens with zero attached hydrogens (tertiary/aromatic N) is 3. The summed E-state index contributed by atoms with van der Waals surface area (Å²) >= 11 is 0. The van der Waals surface area contributed by atoms with Crippen LogP contribution in [0, 0.1) is 36.5 Å². The molecule has 0 aromatic carbocycles. The van der Waals surface area contributed by atoms with Crippen molar-refractivity contribution in [2.45, 2.75) is 41.0 Å². The van der Waals surface area contributed by atoms with Gasteiger partial charge in [0, 0.05) is 6.08 Å². The van der Waals surface area contributed by atoms with E-state index in [1.165, 1.54) is 10.6 Å². The van der Waals surface area contributed by atoms with Gasteiger partial charge in [-0.3, -0.25) is 9.36 Å². The summed E-state index contributed by atoms with van der Waals surface area (Å²) in [5.41, 5.74) is -0.758. The summed E-state index contributed by atoms with van der Waals surface area (Å²) in [6.07, 6.45) is 8.22. The highest BCUT2D eigenvalue weighted by atomic mass is 16.5. The van der Waals surface area contributed by atoms with Crippen molar-refractivity contribution in [1.82, 2.24) is 14.3 Å². The average molecular weight is 361 g/mol. The van der Waals surface area contributed by atoms with Crippen LogP contribution in [0.3, 0.4) is 0 Å². The Morgan fingerprint density at radius 1 is 1.38 bits per heavy atom. The van der Waals surface area contributed by atoms with Gasteiger partial charge in [0.1, 0.15) is 5.82 Å². The van der Waals surface area contributed by atoms with E-state index in [0.29, 0.717) is 12.4 Å². The number of aromatic nitrogens is 3. The molecule has 8 heteroatoms. The number of rotatable bonds is 7. The lowest BCUT2D eigenvalue weighted by atomic mass is 10.1. The van der Waals surface area contributed by atoms with Crippen LogP contribution in [0.4, 0.5) is 0 Å². The molecule has 0 spiro atoms. The molecule has 2 atom stereocenters. The molecule has 1 saturated carbocycles. The van der Waals surface area contributed by atoms with E-state index in [1.54, 1.807) is 19.9 Å². The highest BCUT2D eigenvalue weighted by Gasteiger charge is 2.61. The third-order valence-corrected chi connectivity index (χ3v) is 4.58. The molecule has 0 saturated heterocycles. The van der Waals surface area contributed by atoms with E-state index >= 15 is 0 Å². The molecule has 0 aliphatic heterocycles. The average Bonchev–Trinajstić information content (AvgIpc) is 3.03. The fraction of sp³-hybridized carbons (Fsp3) is 0.556. The molecule has 140 valence electrons. The zero-order chi connectivity index (χ0) is 19.5. The monoisotopic (exact) mass is 361 g/mol. The summed E-state index contributed by atoms with van der Waals surface area (Å²) in [5, 5.41) is 4.04. The second-order valence-electron chi connectivity index (χ2n) is 6.65. The van der Waals surface area contributed by atoms with Crippen molar-refractivity contribution in [2.75, 3.05) is 6.61 Å². The molecule has 1 aromatic heterocycles. The van der Waals surface area contributed by atoms with Crippen LogP contribution >= 0.6 is 0 Å². The zero-order valence-corrected chi connectivity index (χ0v) is 15.4. The Bertz CT molecular complexity index is 825. The van der Waals surface area contributed by atoms with Gasteiger partial charge in [0.25, 0.3) is 0 Å². The van der Waals surface area contributed by atoms with Crippen molar-refractivity contribution >= 4 is 11.9 Å². The quantitative estimate of drug-likeness (QED) is 0.407. The highest BCUT2D eigenvalue weighted by Crippen LogP contribution is 2.59. The molecule has 0 bridgehead atoms. The Balaban J connectivity index is 1.98. The number of carbonyl (C=O) groups excluding carboxylic acids is 2. The van der Waals surface area contributed by atoms with Gasteiger partial charge in [-0.1, -0.05) is 25.8 Å². The van der Waals surface area contributed by atoms with Crippen LogP contribution in [0.15, 0.2) is 16.9 Å². The van der Waals surface area contributed by atoms with Gasteiger partial charge in [-0.15, -0.1) is 6.42 Å². The Morgan fingerprint density at radius 3 is 2.69 bits per heavy atom. The molecule has 0 radical (unpaired) electrons. The Kier molecular flexibility index (Phi) is 5.70. The lowest BCUT2D eigenvalue weighted by molar-refractivity contribution is -0.150. The van der Waals surface area contributed by atoms with E-state index in [2.05, 4.69) is 11.0 Å². The van der Waals surface area contributed by atoms with Crippen LogP contribution in [0.5, 0.6) is 0 Å². The summed E-state index contributed by atoms with van der Waals surface area (Å²) in [4.78, 5) is 35.9. The van der Waals surface area contributed by atoms with E-state index in [4.69, 9.17) is 15.9 Å². The largest absolute Gasteiger partial charge is 0.463 e. The maximum absolute atomic E-state index is 12.3. The molecular weight excluding hydrogens is 338 g/mol. The highest BCUT2D eigenvalue weighted by molar-refractivity contribution is 5.83. The van der Waals surface area contributed by atoms with Crippen molar-refractivity contribution in [1.29, 1.82) is 0 Å². The summed E-state index contributed by atoms with van der Waals surface area (Å²) < 4.78 is 12.5. The fourth-order valence-corrected chi connectivity index (χ4v) is 2.98. The number of terminal acetylenes is 1. The predicted octanol–water partition coefficient (Wildman–Crippen LogP) is 0.879. The molecule has 1 aliphatic rings. The molecule has 0 N–H and O–H groups in total. The van der Waals surface area contributed by atoms with E-state index in [9.17, 15) is 14.4 Å². The maximum atomic E-state index is 12.3. The van der Waals surface area contributed by atoms with E-state index in [0.717, 1.165) is 4.68 Å². The second-order valence-corrected chi connectivity index (χ2v) is 6.65. The number of carbonyl (C=O) groups is 2. The molecule has 1 aliphatic carbocycles. The minimum absolute atomic E-state index is 0.106. The molecular formula is C18H23N3O5. The zero-order valence-electron chi connectivity index (χ0n) is 15.4. The molecule has 1 heterocycles. The van der Waals surface area contributed by atoms with Crippen LogP contribution in [-0.2, 0) is 32.3 Å². The molecule has 0 amide bonds. The number of hydrogen-bond acceptors (Lipinski definition) is 6.